The van der Waals surface area contributed by atoms with E-state index in [1.807, 2.05) is 5.10 Å². The lowest BCUT2D eigenvalue weighted by molar-refractivity contribution is -0.139. The van der Waals surface area contributed by atoms with Crippen LogP contribution in [0.5, 0.6) is 0 Å². The van der Waals surface area contributed by atoms with Gasteiger partial charge in [-0.25, -0.2) is 15.1 Å². The molecule has 1 atom stereocenters. The molecule has 196 valence electrons. The van der Waals surface area contributed by atoms with Crippen molar-refractivity contribution in [3.05, 3.63) is 39.9 Å². The number of piperidine rings is 1. The van der Waals surface area contributed by atoms with Crippen molar-refractivity contribution in [2.45, 2.75) is 44.1 Å². The second kappa shape index (κ2) is 9.93. The highest BCUT2D eigenvalue weighted by Gasteiger charge is 2.37. The normalized spacial score (nSPS) is 19.5. The van der Waals surface area contributed by atoms with Crippen LogP contribution in [0.4, 0.5) is 38.1 Å². The Bertz CT molecular complexity index is 1130. The zero-order chi connectivity index (χ0) is 26.1. The molecule has 2 saturated heterocycles. The summed E-state index contributed by atoms with van der Waals surface area (Å²) in [7, 11) is 0. The number of hydrogen-bond acceptors (Lipinski definition) is 7. The molecule has 0 spiro atoms. The number of amides is 1. The van der Waals surface area contributed by atoms with E-state index < -0.39 is 29.0 Å². The molecule has 0 unspecified atom stereocenters. The van der Waals surface area contributed by atoms with Gasteiger partial charge in [0.2, 0.25) is 11.9 Å². The van der Waals surface area contributed by atoms with Gasteiger partial charge in [-0.2, -0.15) is 31.4 Å². The lowest BCUT2D eigenvalue weighted by Crippen LogP contribution is -2.51. The van der Waals surface area contributed by atoms with Gasteiger partial charge in [0.05, 0.1) is 5.56 Å². The Balaban J connectivity index is 1.38. The highest BCUT2D eigenvalue weighted by molar-refractivity contribution is 5.77. The minimum absolute atomic E-state index is 0.0382. The van der Waals surface area contributed by atoms with E-state index in [1.54, 1.807) is 14.7 Å². The van der Waals surface area contributed by atoms with Crippen molar-refractivity contribution < 1.29 is 31.1 Å². The third kappa shape index (κ3) is 5.70. The molecule has 9 nitrogen and oxygen atoms in total. The van der Waals surface area contributed by atoms with Crippen LogP contribution in [-0.4, -0.2) is 69.7 Å². The summed E-state index contributed by atoms with van der Waals surface area (Å²) in [5, 5.41) is 5.68. The van der Waals surface area contributed by atoms with Crippen LogP contribution in [0.3, 0.4) is 0 Å². The zero-order valence-corrected chi connectivity index (χ0v) is 18.9. The fourth-order valence-corrected chi connectivity index (χ4v) is 4.38. The number of nitrogens with zero attached hydrogens (tertiary/aromatic N) is 6. The van der Waals surface area contributed by atoms with E-state index in [-0.39, 0.29) is 30.1 Å². The van der Waals surface area contributed by atoms with Crippen LogP contribution in [0.25, 0.3) is 0 Å². The number of anilines is 2. The van der Waals surface area contributed by atoms with Crippen molar-refractivity contribution in [3.63, 3.8) is 0 Å². The van der Waals surface area contributed by atoms with E-state index in [2.05, 4.69) is 15.1 Å². The summed E-state index contributed by atoms with van der Waals surface area (Å²) in [6.07, 6.45) is -5.80. The maximum absolute atomic E-state index is 13.2. The highest BCUT2D eigenvalue weighted by atomic mass is 19.4. The van der Waals surface area contributed by atoms with Crippen molar-refractivity contribution in [3.8, 4) is 0 Å². The SMILES string of the molecule is O=C(C[C@@H]1CCCCN1c1cc(C(F)(F)F)c(=O)[nH]n1)N1CCN(c2ncc(C(F)(F)F)cn2)CC1. The molecule has 2 aliphatic heterocycles. The fourth-order valence-electron chi connectivity index (χ4n) is 4.38. The third-order valence-corrected chi connectivity index (χ3v) is 6.31. The lowest BCUT2D eigenvalue weighted by Gasteiger charge is -2.39. The smallest absolute Gasteiger partial charge is 0.352 e. The maximum Gasteiger partial charge on any atom is 0.421 e. The van der Waals surface area contributed by atoms with Crippen LogP contribution in [0.15, 0.2) is 23.3 Å². The highest BCUT2D eigenvalue weighted by Crippen LogP contribution is 2.31. The molecule has 2 aromatic heterocycles. The summed E-state index contributed by atoms with van der Waals surface area (Å²) in [5.74, 6) is -0.0952. The Morgan fingerprint density at radius 1 is 0.972 bits per heavy atom. The average Bonchev–Trinajstić information content (AvgIpc) is 2.84. The zero-order valence-electron chi connectivity index (χ0n) is 18.9. The first kappa shape index (κ1) is 25.7. The molecule has 1 amide bonds. The summed E-state index contributed by atoms with van der Waals surface area (Å²) < 4.78 is 77.7. The van der Waals surface area contributed by atoms with Crippen molar-refractivity contribution in [2.75, 3.05) is 42.5 Å². The van der Waals surface area contributed by atoms with Gasteiger partial charge in [0.25, 0.3) is 5.56 Å². The number of halogens is 6. The van der Waals surface area contributed by atoms with Crippen LogP contribution < -0.4 is 15.4 Å². The van der Waals surface area contributed by atoms with E-state index in [4.69, 9.17) is 0 Å². The van der Waals surface area contributed by atoms with Gasteiger partial charge in [-0.1, -0.05) is 0 Å². The number of aromatic amines is 1. The second-order valence-electron chi connectivity index (χ2n) is 8.65. The van der Waals surface area contributed by atoms with E-state index in [1.165, 1.54) is 0 Å². The van der Waals surface area contributed by atoms with E-state index >= 15 is 0 Å². The summed E-state index contributed by atoms with van der Waals surface area (Å²) in [6, 6.07) is 0.326. The summed E-state index contributed by atoms with van der Waals surface area (Å²) >= 11 is 0. The van der Waals surface area contributed by atoms with Crippen molar-refractivity contribution in [1.82, 2.24) is 25.1 Å². The Labute approximate surface area is 201 Å². The van der Waals surface area contributed by atoms with E-state index in [0.717, 1.165) is 6.42 Å². The molecule has 2 fully saturated rings. The van der Waals surface area contributed by atoms with E-state index in [9.17, 15) is 35.9 Å². The first-order chi connectivity index (χ1) is 16.9. The monoisotopic (exact) mass is 519 g/mol. The number of carbonyl (C=O) groups excluding carboxylic acids is 1. The van der Waals surface area contributed by atoms with Crippen LogP contribution in [0.1, 0.15) is 36.8 Å². The van der Waals surface area contributed by atoms with Crippen LogP contribution in [0, 0.1) is 0 Å². The Morgan fingerprint density at radius 3 is 2.25 bits per heavy atom. The topological polar surface area (TPSA) is 98.3 Å². The molecule has 2 aromatic rings. The summed E-state index contributed by atoms with van der Waals surface area (Å²) in [5.41, 5.74) is -3.62. The second-order valence-corrected chi connectivity index (χ2v) is 8.65. The van der Waals surface area contributed by atoms with Crippen molar-refractivity contribution in [2.24, 2.45) is 0 Å². The van der Waals surface area contributed by atoms with Gasteiger partial charge in [-0.15, -0.1) is 0 Å². The van der Waals surface area contributed by atoms with E-state index in [0.29, 0.717) is 64.0 Å². The van der Waals surface area contributed by atoms with Gasteiger partial charge in [0.15, 0.2) is 0 Å². The number of nitrogens with one attached hydrogen (secondary N) is 1. The van der Waals surface area contributed by atoms with Gasteiger partial charge in [-0.05, 0) is 19.3 Å². The number of hydrogen-bond donors (Lipinski definition) is 1. The lowest BCUT2D eigenvalue weighted by atomic mass is 9.98. The number of carbonyl (C=O) groups is 1. The first-order valence-electron chi connectivity index (χ1n) is 11.3. The number of alkyl halides is 6. The Morgan fingerprint density at radius 2 is 1.64 bits per heavy atom. The standard InChI is InChI=1S/C21H23F6N7O2/c22-20(23,24)13-11-28-19(29-12-13)33-7-5-32(6-8-33)17(35)9-14-3-1-2-4-34(14)16-10-15(21(25,26)27)18(36)31-30-16/h10-12,14H,1-9H2,(H,31,36)/t14-/m0/s1. The van der Waals surface area contributed by atoms with Gasteiger partial charge >= 0.3 is 12.4 Å². The molecular formula is C21H23F6N7O2. The minimum Gasteiger partial charge on any atom is -0.352 e. The van der Waals surface area contributed by atoms with Gasteiger partial charge in [0.1, 0.15) is 11.4 Å². The molecule has 0 aliphatic carbocycles. The first-order valence-corrected chi connectivity index (χ1v) is 11.3. The number of H-pyrrole nitrogens is 1. The number of piperazine rings is 1. The molecule has 4 rings (SSSR count). The molecule has 0 bridgehead atoms. The van der Waals surface area contributed by atoms with Crippen molar-refractivity contribution in [1.29, 1.82) is 0 Å². The minimum atomic E-state index is -4.83. The Hall–Kier alpha value is -3.39. The molecular weight excluding hydrogens is 496 g/mol. The molecule has 0 saturated carbocycles. The summed E-state index contributed by atoms with van der Waals surface area (Å²) in [4.78, 5) is 37.0. The Kier molecular flexibility index (Phi) is 7.09. The van der Waals surface area contributed by atoms with Crippen molar-refractivity contribution >= 4 is 17.7 Å². The third-order valence-electron chi connectivity index (χ3n) is 6.31. The summed E-state index contributed by atoms with van der Waals surface area (Å²) in [6.45, 7) is 1.63. The van der Waals surface area contributed by atoms with Crippen LogP contribution in [-0.2, 0) is 17.1 Å². The quantitative estimate of drug-likeness (QED) is 0.621. The van der Waals surface area contributed by atoms with Gasteiger partial charge in [0, 0.05) is 63.6 Å². The molecule has 1 N–H and O–H groups in total. The van der Waals surface area contributed by atoms with Gasteiger partial charge in [-0.3, -0.25) is 9.59 Å². The molecule has 36 heavy (non-hydrogen) atoms. The maximum atomic E-state index is 13.2. The molecule has 0 radical (unpaired) electrons. The number of aromatic nitrogens is 4. The predicted molar refractivity (Wildman–Crippen MR) is 115 cm³/mol. The molecule has 15 heteroatoms. The molecule has 4 heterocycles. The van der Waals surface area contributed by atoms with Gasteiger partial charge < -0.3 is 14.7 Å². The van der Waals surface area contributed by atoms with Crippen LogP contribution in [0.2, 0.25) is 0 Å². The van der Waals surface area contributed by atoms with Crippen LogP contribution >= 0.6 is 0 Å². The largest absolute Gasteiger partial charge is 0.421 e. The molecule has 0 aromatic carbocycles. The fraction of sp³-hybridized carbons (Fsp3) is 0.571. The predicted octanol–water partition coefficient (Wildman–Crippen LogP) is 2.70. The number of rotatable bonds is 4. The average molecular weight is 519 g/mol. The molecule has 2 aliphatic rings.